The van der Waals surface area contributed by atoms with Gasteiger partial charge in [0.05, 0.1) is 27.8 Å². The lowest BCUT2D eigenvalue weighted by Crippen LogP contribution is -2.08. The van der Waals surface area contributed by atoms with Crippen LogP contribution in [0.2, 0.25) is 0 Å². The van der Waals surface area contributed by atoms with Crippen LogP contribution in [0, 0.1) is 28.5 Å². The lowest BCUT2D eigenvalue weighted by Gasteiger charge is -2.22. The van der Waals surface area contributed by atoms with E-state index in [1.807, 2.05) is 97.1 Å². The zero-order valence-electron chi connectivity index (χ0n) is 25.7. The van der Waals surface area contributed by atoms with Crippen molar-refractivity contribution in [2.24, 2.45) is 0 Å². The molecule has 0 saturated heterocycles. The second-order valence-corrected chi connectivity index (χ2v) is 11.6. The molecule has 3 nitrogen and oxygen atoms in total. The molecular formula is C44H26FN3. The zero-order valence-corrected chi connectivity index (χ0v) is 25.7. The lowest BCUT2D eigenvalue weighted by molar-refractivity contribution is 0.621. The Balaban J connectivity index is 1.63. The van der Waals surface area contributed by atoms with Crippen LogP contribution in [0.5, 0.6) is 0 Å². The molecule has 0 fully saturated rings. The number of halogens is 1. The average molecular weight is 616 g/mol. The van der Waals surface area contributed by atoms with Crippen molar-refractivity contribution in [2.75, 3.05) is 0 Å². The molecule has 0 spiro atoms. The number of hydrogen-bond acceptors (Lipinski definition) is 2. The molecule has 0 aliphatic carbocycles. The van der Waals surface area contributed by atoms with Gasteiger partial charge >= 0.3 is 0 Å². The second-order valence-electron chi connectivity index (χ2n) is 11.6. The normalized spacial score (nSPS) is 11.0. The van der Waals surface area contributed by atoms with Crippen molar-refractivity contribution in [1.29, 1.82) is 10.5 Å². The molecule has 7 aromatic carbocycles. The quantitative estimate of drug-likeness (QED) is 0.193. The van der Waals surface area contributed by atoms with E-state index in [1.165, 1.54) is 0 Å². The van der Waals surface area contributed by atoms with E-state index < -0.39 is 5.82 Å². The van der Waals surface area contributed by atoms with Gasteiger partial charge in [-0.25, -0.2) is 4.39 Å². The Labute approximate surface area is 277 Å². The summed E-state index contributed by atoms with van der Waals surface area (Å²) in [5.74, 6) is -0.822. The molecule has 0 radical (unpaired) electrons. The number of nitriles is 2. The maximum Gasteiger partial charge on any atom is 0.160 e. The summed E-state index contributed by atoms with van der Waals surface area (Å²) in [4.78, 5) is 0. The van der Waals surface area contributed by atoms with Gasteiger partial charge in [0.1, 0.15) is 12.1 Å². The standard InChI is InChI=1S/C44H26FN3/c45-43-37(27-46)41(31-17-9-3-10-18-31)44(42(38(43)28-47)32-19-11-4-12-20-32)48-39-25-33(29-13-5-1-6-14-29)21-23-35(39)36-24-22-34(26-40(36)48)30-15-7-2-8-16-30/h1-26H. The fraction of sp³-hybridized carbons (Fsp3) is 0. The van der Waals surface area contributed by atoms with Crippen molar-refractivity contribution in [1.82, 2.24) is 4.57 Å². The number of aromatic nitrogens is 1. The summed E-state index contributed by atoms with van der Waals surface area (Å²) in [5.41, 5.74) is 8.38. The third kappa shape index (κ3) is 4.64. The molecule has 0 unspecified atom stereocenters. The van der Waals surface area contributed by atoms with Crippen molar-refractivity contribution in [3.05, 3.63) is 175 Å². The predicted molar refractivity (Wildman–Crippen MR) is 192 cm³/mol. The molecule has 0 N–H and O–H groups in total. The van der Waals surface area contributed by atoms with Gasteiger partial charge < -0.3 is 4.57 Å². The van der Waals surface area contributed by atoms with E-state index in [2.05, 4.69) is 77.4 Å². The summed E-state index contributed by atoms with van der Waals surface area (Å²) in [6.07, 6.45) is 0. The summed E-state index contributed by atoms with van der Waals surface area (Å²) in [5, 5.41) is 23.1. The van der Waals surface area contributed by atoms with Gasteiger partial charge in [0.25, 0.3) is 0 Å². The van der Waals surface area contributed by atoms with E-state index in [-0.39, 0.29) is 11.1 Å². The average Bonchev–Trinajstić information content (AvgIpc) is 3.48. The highest BCUT2D eigenvalue weighted by atomic mass is 19.1. The maximum atomic E-state index is 16.5. The first kappa shape index (κ1) is 28.7. The van der Waals surface area contributed by atoms with Crippen molar-refractivity contribution < 1.29 is 4.39 Å². The monoisotopic (exact) mass is 615 g/mol. The topological polar surface area (TPSA) is 52.5 Å². The van der Waals surface area contributed by atoms with Gasteiger partial charge in [-0.15, -0.1) is 0 Å². The Morgan fingerprint density at radius 2 is 0.771 bits per heavy atom. The fourth-order valence-electron chi connectivity index (χ4n) is 6.79. The van der Waals surface area contributed by atoms with Crippen LogP contribution in [-0.4, -0.2) is 4.57 Å². The maximum absolute atomic E-state index is 16.5. The first-order chi connectivity index (χ1) is 23.7. The number of hydrogen-bond donors (Lipinski definition) is 0. The van der Waals surface area contributed by atoms with Crippen LogP contribution in [0.1, 0.15) is 11.1 Å². The number of fused-ring (bicyclic) bond motifs is 3. The van der Waals surface area contributed by atoms with Crippen LogP contribution in [-0.2, 0) is 0 Å². The Kier molecular flexibility index (Phi) is 7.10. The highest BCUT2D eigenvalue weighted by Crippen LogP contribution is 2.46. The largest absolute Gasteiger partial charge is 0.308 e. The number of nitrogens with zero attached hydrogens (tertiary/aromatic N) is 3. The smallest absolute Gasteiger partial charge is 0.160 e. The molecule has 1 aromatic heterocycles. The summed E-state index contributed by atoms with van der Waals surface area (Å²) >= 11 is 0. The van der Waals surface area contributed by atoms with Crippen molar-refractivity contribution in [3.8, 4) is 62.3 Å². The Morgan fingerprint density at radius 3 is 1.12 bits per heavy atom. The zero-order chi connectivity index (χ0) is 32.6. The minimum atomic E-state index is -0.822. The van der Waals surface area contributed by atoms with E-state index in [9.17, 15) is 10.5 Å². The van der Waals surface area contributed by atoms with Gasteiger partial charge in [-0.05, 0) is 45.5 Å². The minimum absolute atomic E-state index is 0.166. The molecule has 8 aromatic rings. The third-order valence-corrected chi connectivity index (χ3v) is 8.97. The predicted octanol–water partition coefficient (Wildman–Crippen LogP) is 11.3. The number of rotatable bonds is 5. The Bertz CT molecular complexity index is 2380. The molecule has 8 rings (SSSR count). The van der Waals surface area contributed by atoms with Crippen molar-refractivity contribution in [3.63, 3.8) is 0 Å². The Morgan fingerprint density at radius 1 is 0.417 bits per heavy atom. The van der Waals surface area contributed by atoms with Gasteiger partial charge in [0, 0.05) is 21.9 Å². The molecule has 0 aliphatic rings. The van der Waals surface area contributed by atoms with Crippen LogP contribution < -0.4 is 0 Å². The Hall–Kier alpha value is -6.75. The van der Waals surface area contributed by atoms with E-state index >= 15 is 4.39 Å². The van der Waals surface area contributed by atoms with E-state index in [0.29, 0.717) is 27.9 Å². The van der Waals surface area contributed by atoms with Crippen molar-refractivity contribution in [2.45, 2.75) is 0 Å². The molecule has 0 atom stereocenters. The highest BCUT2D eigenvalue weighted by Gasteiger charge is 2.29. The van der Waals surface area contributed by atoms with Crippen LogP contribution in [0.3, 0.4) is 0 Å². The molecule has 224 valence electrons. The molecule has 0 aliphatic heterocycles. The van der Waals surface area contributed by atoms with Crippen LogP contribution in [0.4, 0.5) is 4.39 Å². The SMILES string of the molecule is N#Cc1c(F)c(C#N)c(-c2ccccc2)c(-n2c3cc(-c4ccccc4)ccc3c3ccc(-c4ccccc4)cc32)c1-c1ccccc1. The van der Waals surface area contributed by atoms with Crippen molar-refractivity contribution >= 4 is 21.8 Å². The minimum Gasteiger partial charge on any atom is -0.308 e. The van der Waals surface area contributed by atoms with Gasteiger partial charge in [-0.1, -0.05) is 146 Å². The summed E-state index contributed by atoms with van der Waals surface area (Å²) in [7, 11) is 0. The van der Waals surface area contributed by atoms with Gasteiger partial charge in [-0.2, -0.15) is 10.5 Å². The molecule has 0 saturated carbocycles. The molecule has 0 amide bonds. The first-order valence-corrected chi connectivity index (χ1v) is 15.7. The van der Waals surface area contributed by atoms with Gasteiger partial charge in [-0.3, -0.25) is 0 Å². The molecule has 4 heteroatoms. The molecule has 0 bridgehead atoms. The van der Waals surface area contributed by atoms with Gasteiger partial charge in [0.2, 0.25) is 0 Å². The number of benzene rings is 7. The fourth-order valence-corrected chi connectivity index (χ4v) is 6.79. The third-order valence-electron chi connectivity index (χ3n) is 8.97. The lowest BCUT2D eigenvalue weighted by atomic mass is 9.87. The van der Waals surface area contributed by atoms with Crippen LogP contribution in [0.25, 0.3) is 72.0 Å². The highest BCUT2D eigenvalue weighted by molar-refractivity contribution is 6.13. The summed E-state index contributed by atoms with van der Waals surface area (Å²) in [6.45, 7) is 0. The first-order valence-electron chi connectivity index (χ1n) is 15.7. The van der Waals surface area contributed by atoms with Crippen LogP contribution in [0.15, 0.2) is 158 Å². The van der Waals surface area contributed by atoms with E-state index in [4.69, 9.17) is 0 Å². The molecular weight excluding hydrogens is 590 g/mol. The molecule has 48 heavy (non-hydrogen) atoms. The molecule has 1 heterocycles. The van der Waals surface area contributed by atoms with Crippen LogP contribution >= 0.6 is 0 Å². The van der Waals surface area contributed by atoms with E-state index in [0.717, 1.165) is 44.1 Å². The second kappa shape index (κ2) is 11.9. The summed E-state index contributed by atoms with van der Waals surface area (Å²) < 4.78 is 18.7. The summed E-state index contributed by atoms with van der Waals surface area (Å²) in [6, 6.07) is 56.3. The van der Waals surface area contributed by atoms with E-state index in [1.54, 1.807) is 0 Å². The van der Waals surface area contributed by atoms with Gasteiger partial charge in [0.15, 0.2) is 5.82 Å².